The van der Waals surface area contributed by atoms with E-state index in [1.54, 1.807) is 0 Å². The largest absolute Gasteiger partial charge is 0.329 e. The van der Waals surface area contributed by atoms with Gasteiger partial charge in [0.25, 0.3) is 0 Å². The second-order valence-corrected chi connectivity index (χ2v) is 3.84. The van der Waals surface area contributed by atoms with Gasteiger partial charge in [0.1, 0.15) is 0 Å². The van der Waals surface area contributed by atoms with E-state index in [0.29, 0.717) is 6.42 Å². The van der Waals surface area contributed by atoms with Crippen LogP contribution < -0.4 is 5.32 Å². The Kier molecular flexibility index (Phi) is 1.51. The average Bonchev–Trinajstić information content (AvgIpc) is 2.59. The van der Waals surface area contributed by atoms with Crippen molar-refractivity contribution in [1.29, 1.82) is 0 Å². The maximum atomic E-state index is 11.3. The van der Waals surface area contributed by atoms with Crippen molar-refractivity contribution in [1.82, 2.24) is 5.32 Å². The number of nitrogens with one attached hydrogen (secondary N) is 1. The van der Waals surface area contributed by atoms with E-state index >= 15 is 0 Å². The van der Waals surface area contributed by atoms with Crippen LogP contribution in [0.2, 0.25) is 0 Å². The first-order valence-corrected chi connectivity index (χ1v) is 4.95. The highest BCUT2D eigenvalue weighted by Gasteiger charge is 2.26. The molecule has 1 aromatic rings. The summed E-state index contributed by atoms with van der Waals surface area (Å²) >= 11 is 0. The molecule has 2 aliphatic rings. The van der Waals surface area contributed by atoms with Crippen LogP contribution in [-0.4, -0.2) is 5.91 Å². The van der Waals surface area contributed by atoms with Gasteiger partial charge in [0.15, 0.2) is 0 Å². The quantitative estimate of drug-likeness (QED) is 0.656. The molecule has 3 rings (SSSR count). The maximum Gasteiger partial charge on any atom is 0.228 e. The summed E-state index contributed by atoms with van der Waals surface area (Å²) in [7, 11) is 0. The molecule has 1 N–H and O–H groups in total. The van der Waals surface area contributed by atoms with Gasteiger partial charge in [-0.25, -0.2) is 0 Å². The molecule has 0 spiro atoms. The zero-order valence-electron chi connectivity index (χ0n) is 7.84. The lowest BCUT2D eigenvalue weighted by Crippen LogP contribution is -2.16. The van der Waals surface area contributed by atoms with Crippen molar-refractivity contribution in [3.05, 3.63) is 41.1 Å². The second kappa shape index (κ2) is 2.71. The molecule has 14 heavy (non-hydrogen) atoms. The van der Waals surface area contributed by atoms with Gasteiger partial charge in [0.2, 0.25) is 5.91 Å². The Balaban J connectivity index is 2.15. The Morgan fingerprint density at radius 2 is 2.00 bits per heavy atom. The van der Waals surface area contributed by atoms with Crippen LogP contribution >= 0.6 is 0 Å². The normalized spacial score (nSPS) is 19.0. The van der Waals surface area contributed by atoms with Gasteiger partial charge >= 0.3 is 0 Å². The maximum absolute atomic E-state index is 11.3. The van der Waals surface area contributed by atoms with E-state index in [2.05, 4.69) is 23.5 Å². The molecule has 0 bridgehead atoms. The SMILES string of the molecule is O=C1CC2=C(CCc3ccccc32)N1. The third-order valence-electron chi connectivity index (χ3n) is 2.98. The van der Waals surface area contributed by atoms with Crippen molar-refractivity contribution in [3.8, 4) is 0 Å². The third-order valence-corrected chi connectivity index (χ3v) is 2.98. The van der Waals surface area contributed by atoms with Crippen LogP contribution in [0.4, 0.5) is 0 Å². The van der Waals surface area contributed by atoms with Crippen LogP contribution in [0.5, 0.6) is 0 Å². The predicted molar refractivity (Wildman–Crippen MR) is 54.4 cm³/mol. The highest BCUT2D eigenvalue weighted by Crippen LogP contribution is 2.35. The number of carbonyl (C=O) groups is 1. The lowest BCUT2D eigenvalue weighted by atomic mass is 9.89. The molecular weight excluding hydrogens is 174 g/mol. The molecule has 0 radical (unpaired) electrons. The van der Waals surface area contributed by atoms with E-state index in [1.165, 1.54) is 16.7 Å². The van der Waals surface area contributed by atoms with Crippen molar-refractivity contribution in [2.24, 2.45) is 0 Å². The number of hydrogen-bond acceptors (Lipinski definition) is 1. The minimum Gasteiger partial charge on any atom is -0.329 e. The molecular formula is C12H11NO. The number of carbonyl (C=O) groups excluding carboxylic acids is 1. The van der Waals surface area contributed by atoms with Crippen molar-refractivity contribution in [3.63, 3.8) is 0 Å². The van der Waals surface area contributed by atoms with Gasteiger partial charge in [-0.2, -0.15) is 0 Å². The Morgan fingerprint density at radius 3 is 2.93 bits per heavy atom. The van der Waals surface area contributed by atoms with Gasteiger partial charge in [-0.1, -0.05) is 24.3 Å². The van der Waals surface area contributed by atoms with Crippen LogP contribution in [0.1, 0.15) is 24.0 Å². The molecule has 70 valence electrons. The molecule has 1 heterocycles. The molecule has 0 atom stereocenters. The molecule has 1 aliphatic carbocycles. The standard InChI is InChI=1S/C12H11NO/c14-12-7-10-9-4-2-1-3-8(9)5-6-11(10)13-12/h1-4H,5-7H2,(H,13,14). The van der Waals surface area contributed by atoms with E-state index < -0.39 is 0 Å². The minimum atomic E-state index is 0.145. The number of rotatable bonds is 0. The number of amides is 1. The zero-order valence-corrected chi connectivity index (χ0v) is 7.84. The highest BCUT2D eigenvalue weighted by atomic mass is 16.1. The predicted octanol–water partition coefficient (Wildman–Crippen LogP) is 1.86. The molecule has 1 amide bonds. The number of aryl methyl sites for hydroxylation is 1. The molecule has 0 unspecified atom stereocenters. The van der Waals surface area contributed by atoms with Crippen molar-refractivity contribution in [2.45, 2.75) is 19.3 Å². The molecule has 0 saturated heterocycles. The van der Waals surface area contributed by atoms with Gasteiger partial charge < -0.3 is 5.32 Å². The van der Waals surface area contributed by atoms with Gasteiger partial charge in [-0.3, -0.25) is 4.79 Å². The summed E-state index contributed by atoms with van der Waals surface area (Å²) in [6, 6.07) is 8.37. The number of benzene rings is 1. The second-order valence-electron chi connectivity index (χ2n) is 3.84. The minimum absolute atomic E-state index is 0.145. The molecule has 2 heteroatoms. The Labute approximate surface area is 82.6 Å². The van der Waals surface area contributed by atoms with E-state index in [-0.39, 0.29) is 5.91 Å². The monoisotopic (exact) mass is 185 g/mol. The lowest BCUT2D eigenvalue weighted by Gasteiger charge is -2.17. The smallest absolute Gasteiger partial charge is 0.228 e. The summed E-state index contributed by atoms with van der Waals surface area (Å²) < 4.78 is 0. The van der Waals surface area contributed by atoms with Crippen LogP contribution in [0.3, 0.4) is 0 Å². The van der Waals surface area contributed by atoms with Crippen LogP contribution in [-0.2, 0) is 11.2 Å². The number of allylic oxidation sites excluding steroid dienone is 1. The number of hydrogen-bond donors (Lipinski definition) is 1. The Hall–Kier alpha value is -1.57. The zero-order chi connectivity index (χ0) is 9.54. The summed E-state index contributed by atoms with van der Waals surface area (Å²) in [6.07, 6.45) is 2.60. The topological polar surface area (TPSA) is 29.1 Å². The van der Waals surface area contributed by atoms with Crippen molar-refractivity contribution < 1.29 is 4.79 Å². The lowest BCUT2D eigenvalue weighted by molar-refractivity contribution is -0.118. The summed E-state index contributed by atoms with van der Waals surface area (Å²) in [5, 5.41) is 2.94. The van der Waals surface area contributed by atoms with E-state index in [4.69, 9.17) is 0 Å². The fourth-order valence-corrected chi connectivity index (χ4v) is 2.32. The fraction of sp³-hybridized carbons (Fsp3) is 0.250. The van der Waals surface area contributed by atoms with Gasteiger partial charge in [0, 0.05) is 5.70 Å². The van der Waals surface area contributed by atoms with Gasteiger partial charge in [-0.15, -0.1) is 0 Å². The summed E-state index contributed by atoms with van der Waals surface area (Å²) in [6.45, 7) is 0. The average molecular weight is 185 g/mol. The summed E-state index contributed by atoms with van der Waals surface area (Å²) in [4.78, 5) is 11.3. The molecule has 0 fully saturated rings. The first-order valence-electron chi connectivity index (χ1n) is 4.95. The van der Waals surface area contributed by atoms with Crippen molar-refractivity contribution >= 4 is 11.5 Å². The molecule has 2 nitrogen and oxygen atoms in total. The van der Waals surface area contributed by atoms with E-state index in [1.807, 2.05) is 6.07 Å². The Morgan fingerprint density at radius 1 is 1.14 bits per heavy atom. The first-order chi connectivity index (χ1) is 6.84. The first kappa shape index (κ1) is 7.80. The third kappa shape index (κ3) is 1.00. The summed E-state index contributed by atoms with van der Waals surface area (Å²) in [5.74, 6) is 0.145. The molecule has 1 aliphatic heterocycles. The van der Waals surface area contributed by atoms with Crippen LogP contribution in [0.25, 0.3) is 5.57 Å². The van der Waals surface area contributed by atoms with Crippen LogP contribution in [0.15, 0.2) is 30.0 Å². The van der Waals surface area contributed by atoms with Gasteiger partial charge in [-0.05, 0) is 29.5 Å². The van der Waals surface area contributed by atoms with Crippen molar-refractivity contribution in [2.75, 3.05) is 0 Å². The number of fused-ring (bicyclic) bond motifs is 2. The molecule has 0 aromatic heterocycles. The highest BCUT2D eigenvalue weighted by molar-refractivity contribution is 5.97. The molecule has 0 saturated carbocycles. The van der Waals surface area contributed by atoms with Crippen LogP contribution in [0, 0.1) is 0 Å². The summed E-state index contributed by atoms with van der Waals surface area (Å²) in [5.41, 5.74) is 5.01. The fourth-order valence-electron chi connectivity index (χ4n) is 2.32. The van der Waals surface area contributed by atoms with Gasteiger partial charge in [0.05, 0.1) is 6.42 Å². The van der Waals surface area contributed by atoms with E-state index in [9.17, 15) is 4.79 Å². The molecule has 1 aromatic carbocycles. The Bertz CT molecular complexity index is 445. The van der Waals surface area contributed by atoms with E-state index in [0.717, 1.165) is 18.5 Å².